The Hall–Kier alpha value is -1.31. The van der Waals surface area contributed by atoms with E-state index in [9.17, 15) is 4.79 Å². The quantitative estimate of drug-likeness (QED) is 0.739. The van der Waals surface area contributed by atoms with Gasteiger partial charge in [0.05, 0.1) is 5.92 Å². The molecule has 2 nitrogen and oxygen atoms in total. The molecule has 1 aromatic rings. The first kappa shape index (κ1) is 9.25. The summed E-state index contributed by atoms with van der Waals surface area (Å²) in [5.74, 6) is -0.661. The monoisotopic (exact) mass is 190 g/mol. The lowest BCUT2D eigenvalue weighted by molar-refractivity contribution is -0.142. The predicted octanol–water partition coefficient (Wildman–Crippen LogP) is 2.61. The Morgan fingerprint density at radius 3 is 1.93 bits per heavy atom. The van der Waals surface area contributed by atoms with Crippen molar-refractivity contribution in [1.82, 2.24) is 0 Å². The van der Waals surface area contributed by atoms with Crippen molar-refractivity contribution in [3.63, 3.8) is 0 Å². The van der Waals surface area contributed by atoms with Gasteiger partial charge >= 0.3 is 5.97 Å². The summed E-state index contributed by atoms with van der Waals surface area (Å²) in [5.41, 5.74) is 2.40. The Bertz CT molecular complexity index is 341. The normalized spacial score (nSPS) is 30.0. The molecule has 14 heavy (non-hydrogen) atoms. The highest BCUT2D eigenvalue weighted by Crippen LogP contribution is 2.45. The van der Waals surface area contributed by atoms with E-state index in [2.05, 4.69) is 0 Å². The SMILES string of the molecule is CC1c2ccccc2[C@H](C)C1C(=O)O. The summed E-state index contributed by atoms with van der Waals surface area (Å²) < 4.78 is 0. The van der Waals surface area contributed by atoms with Crippen LogP contribution >= 0.6 is 0 Å². The molecule has 0 amide bonds. The summed E-state index contributed by atoms with van der Waals surface area (Å²) in [7, 11) is 0. The Morgan fingerprint density at radius 2 is 1.57 bits per heavy atom. The zero-order valence-corrected chi connectivity index (χ0v) is 8.40. The Kier molecular flexibility index (Phi) is 2.06. The van der Waals surface area contributed by atoms with Crippen molar-refractivity contribution in [1.29, 1.82) is 0 Å². The number of fused-ring (bicyclic) bond motifs is 1. The van der Waals surface area contributed by atoms with Crippen LogP contribution in [-0.2, 0) is 4.79 Å². The molecule has 2 rings (SSSR count). The minimum Gasteiger partial charge on any atom is -0.481 e. The van der Waals surface area contributed by atoms with Crippen LogP contribution in [-0.4, -0.2) is 11.1 Å². The molecule has 0 saturated carbocycles. The van der Waals surface area contributed by atoms with Crippen molar-refractivity contribution >= 4 is 5.97 Å². The van der Waals surface area contributed by atoms with Gasteiger partial charge in [-0.2, -0.15) is 0 Å². The van der Waals surface area contributed by atoms with Crippen molar-refractivity contribution in [2.24, 2.45) is 5.92 Å². The highest BCUT2D eigenvalue weighted by molar-refractivity contribution is 5.74. The fraction of sp³-hybridized carbons (Fsp3) is 0.417. The molecule has 3 atom stereocenters. The maximum atomic E-state index is 11.1. The topological polar surface area (TPSA) is 37.3 Å². The van der Waals surface area contributed by atoms with Gasteiger partial charge < -0.3 is 5.11 Å². The molecule has 74 valence electrons. The Morgan fingerprint density at radius 1 is 1.14 bits per heavy atom. The standard InChI is InChI=1S/C12H14O2/c1-7-9-5-3-4-6-10(9)8(2)11(7)12(13)14/h3-8,11H,1-2H3,(H,13,14)/t7-,8?,11?/m0/s1. The third-order valence-electron chi connectivity index (χ3n) is 3.34. The highest BCUT2D eigenvalue weighted by atomic mass is 16.4. The molecule has 0 heterocycles. The third kappa shape index (κ3) is 1.14. The van der Waals surface area contributed by atoms with Crippen LogP contribution in [0.5, 0.6) is 0 Å². The number of benzene rings is 1. The number of carboxylic acid groups (broad SMARTS) is 1. The molecule has 2 unspecified atom stereocenters. The van der Waals surface area contributed by atoms with Crippen molar-refractivity contribution in [3.05, 3.63) is 35.4 Å². The molecule has 1 N–H and O–H groups in total. The van der Waals surface area contributed by atoms with E-state index in [4.69, 9.17) is 5.11 Å². The van der Waals surface area contributed by atoms with E-state index < -0.39 is 5.97 Å². The smallest absolute Gasteiger partial charge is 0.307 e. The number of carboxylic acids is 1. The molecule has 1 aliphatic rings. The van der Waals surface area contributed by atoms with Crippen molar-refractivity contribution in [2.45, 2.75) is 25.7 Å². The molecule has 1 aromatic carbocycles. The van der Waals surface area contributed by atoms with Gasteiger partial charge in [0.15, 0.2) is 0 Å². The first-order valence-corrected chi connectivity index (χ1v) is 4.94. The van der Waals surface area contributed by atoms with Crippen molar-refractivity contribution in [2.75, 3.05) is 0 Å². The number of carbonyl (C=O) groups is 1. The van der Waals surface area contributed by atoms with Gasteiger partial charge in [-0.05, 0) is 23.0 Å². The molecule has 0 spiro atoms. The van der Waals surface area contributed by atoms with Crippen LogP contribution in [0.1, 0.15) is 36.8 Å². The second-order valence-electron chi connectivity index (χ2n) is 4.07. The van der Waals surface area contributed by atoms with Crippen LogP contribution in [0.2, 0.25) is 0 Å². The fourth-order valence-electron chi connectivity index (χ4n) is 2.59. The molecule has 2 heteroatoms. The zero-order valence-electron chi connectivity index (χ0n) is 8.40. The van der Waals surface area contributed by atoms with Crippen molar-refractivity contribution < 1.29 is 9.90 Å². The predicted molar refractivity (Wildman–Crippen MR) is 54.4 cm³/mol. The second kappa shape index (κ2) is 3.12. The van der Waals surface area contributed by atoms with E-state index in [1.807, 2.05) is 38.1 Å². The molecule has 0 fully saturated rings. The average molecular weight is 190 g/mol. The molecule has 0 saturated heterocycles. The lowest BCUT2D eigenvalue weighted by Gasteiger charge is -2.14. The first-order valence-electron chi connectivity index (χ1n) is 4.94. The fourth-order valence-corrected chi connectivity index (χ4v) is 2.59. The van der Waals surface area contributed by atoms with Gasteiger partial charge in [0, 0.05) is 0 Å². The summed E-state index contributed by atoms with van der Waals surface area (Å²) >= 11 is 0. The van der Waals surface area contributed by atoms with Crippen LogP contribution in [0, 0.1) is 5.92 Å². The van der Waals surface area contributed by atoms with E-state index in [1.165, 1.54) is 11.1 Å². The van der Waals surface area contributed by atoms with Crippen molar-refractivity contribution in [3.8, 4) is 0 Å². The minimum atomic E-state index is -0.679. The molecule has 1 aliphatic carbocycles. The largest absolute Gasteiger partial charge is 0.481 e. The van der Waals surface area contributed by atoms with Gasteiger partial charge in [-0.15, -0.1) is 0 Å². The van der Waals surface area contributed by atoms with Gasteiger partial charge in [-0.1, -0.05) is 38.1 Å². The van der Waals surface area contributed by atoms with E-state index in [1.54, 1.807) is 0 Å². The van der Waals surface area contributed by atoms with Gasteiger partial charge in [0.2, 0.25) is 0 Å². The number of hydrogen-bond acceptors (Lipinski definition) is 1. The average Bonchev–Trinajstić information content (AvgIpc) is 2.41. The summed E-state index contributed by atoms with van der Waals surface area (Å²) in [6.07, 6.45) is 0. The number of rotatable bonds is 1. The maximum absolute atomic E-state index is 11.1. The summed E-state index contributed by atoms with van der Waals surface area (Å²) in [5, 5.41) is 9.13. The molecular formula is C12H14O2. The lowest BCUT2D eigenvalue weighted by Crippen LogP contribution is -2.19. The van der Waals surface area contributed by atoms with E-state index in [0.29, 0.717) is 0 Å². The van der Waals surface area contributed by atoms with Crippen LogP contribution in [0.25, 0.3) is 0 Å². The number of hydrogen-bond donors (Lipinski definition) is 1. The van der Waals surface area contributed by atoms with Gasteiger partial charge in [0.25, 0.3) is 0 Å². The van der Waals surface area contributed by atoms with Crippen LogP contribution in [0.15, 0.2) is 24.3 Å². The van der Waals surface area contributed by atoms with Gasteiger partial charge in [-0.25, -0.2) is 0 Å². The molecular weight excluding hydrogens is 176 g/mol. The molecule has 0 aromatic heterocycles. The molecule has 0 aliphatic heterocycles. The third-order valence-corrected chi connectivity index (χ3v) is 3.34. The zero-order chi connectivity index (χ0) is 10.3. The maximum Gasteiger partial charge on any atom is 0.307 e. The van der Waals surface area contributed by atoms with Crippen LogP contribution in [0.3, 0.4) is 0 Å². The van der Waals surface area contributed by atoms with Gasteiger partial charge in [0.1, 0.15) is 0 Å². The summed E-state index contributed by atoms with van der Waals surface area (Å²) in [6.45, 7) is 4.00. The van der Waals surface area contributed by atoms with E-state index in [-0.39, 0.29) is 17.8 Å². The first-order chi connectivity index (χ1) is 6.63. The summed E-state index contributed by atoms with van der Waals surface area (Å²) in [6, 6.07) is 8.04. The molecule has 0 bridgehead atoms. The summed E-state index contributed by atoms with van der Waals surface area (Å²) in [4.78, 5) is 11.1. The van der Waals surface area contributed by atoms with E-state index >= 15 is 0 Å². The lowest BCUT2D eigenvalue weighted by atomic mass is 9.89. The Balaban J connectivity index is 2.48. The van der Waals surface area contributed by atoms with Crippen LogP contribution < -0.4 is 0 Å². The second-order valence-corrected chi connectivity index (χ2v) is 4.07. The van der Waals surface area contributed by atoms with E-state index in [0.717, 1.165) is 0 Å². The van der Waals surface area contributed by atoms with Gasteiger partial charge in [-0.3, -0.25) is 4.79 Å². The van der Waals surface area contributed by atoms with Crippen LogP contribution in [0.4, 0.5) is 0 Å². The molecule has 0 radical (unpaired) electrons. The highest BCUT2D eigenvalue weighted by Gasteiger charge is 2.39. The Labute approximate surface area is 83.6 Å². The minimum absolute atomic E-state index is 0.138. The number of aliphatic carboxylic acids is 1.